The van der Waals surface area contributed by atoms with Gasteiger partial charge in [0.1, 0.15) is 0 Å². The van der Waals surface area contributed by atoms with Crippen LogP contribution in [-0.2, 0) is 15.3 Å². The number of pyridine rings is 1. The molecule has 2 aromatic rings. The molecule has 1 N–H and O–H groups in total. The number of carbonyl (C=O) groups excluding carboxylic acids is 1. The number of benzene rings is 1. The highest BCUT2D eigenvalue weighted by Gasteiger charge is 2.42. The number of fused-ring (bicyclic) bond motifs is 1. The van der Waals surface area contributed by atoms with Crippen molar-refractivity contribution in [3.8, 4) is 0 Å². The number of hydrogen-bond donors (Lipinski definition) is 1. The summed E-state index contributed by atoms with van der Waals surface area (Å²) >= 11 is 0. The number of hydrogen-bond acceptors (Lipinski definition) is 4. The van der Waals surface area contributed by atoms with Gasteiger partial charge < -0.3 is 4.98 Å². The first-order valence-electron chi connectivity index (χ1n) is 7.24. The van der Waals surface area contributed by atoms with Gasteiger partial charge in [0, 0.05) is 29.4 Å². The third-order valence-electron chi connectivity index (χ3n) is 4.30. The first-order valence-corrected chi connectivity index (χ1v) is 8.89. The second-order valence-electron chi connectivity index (χ2n) is 6.51. The van der Waals surface area contributed by atoms with Crippen molar-refractivity contribution >= 4 is 15.6 Å². The average Bonchev–Trinajstić information content (AvgIpc) is 2.64. The van der Waals surface area contributed by atoms with Crippen LogP contribution in [0.2, 0.25) is 0 Å². The van der Waals surface area contributed by atoms with Crippen LogP contribution in [0.1, 0.15) is 40.9 Å². The van der Waals surface area contributed by atoms with Gasteiger partial charge in [-0.3, -0.25) is 9.59 Å². The molecule has 6 heteroatoms. The Morgan fingerprint density at radius 1 is 1.17 bits per heavy atom. The van der Waals surface area contributed by atoms with Gasteiger partial charge >= 0.3 is 0 Å². The number of aromatic amines is 1. The lowest BCUT2D eigenvalue weighted by Gasteiger charge is -2.20. The van der Waals surface area contributed by atoms with Gasteiger partial charge in [0.05, 0.1) is 16.2 Å². The number of sulfone groups is 1. The third kappa shape index (κ3) is 2.34. The molecule has 1 aromatic carbocycles. The normalized spacial score (nSPS) is 17.7. The van der Waals surface area contributed by atoms with E-state index in [1.165, 1.54) is 30.6 Å². The van der Waals surface area contributed by atoms with E-state index in [-0.39, 0.29) is 16.7 Å². The summed E-state index contributed by atoms with van der Waals surface area (Å²) in [6, 6.07) is 4.28. The molecule has 1 aliphatic heterocycles. The van der Waals surface area contributed by atoms with Crippen LogP contribution in [0.4, 0.5) is 0 Å². The van der Waals surface area contributed by atoms with Crippen LogP contribution in [0.25, 0.3) is 0 Å². The van der Waals surface area contributed by atoms with Crippen LogP contribution in [0.3, 0.4) is 0 Å². The zero-order valence-corrected chi connectivity index (χ0v) is 14.0. The fourth-order valence-corrected chi connectivity index (χ4v) is 5.66. The predicted molar refractivity (Wildman–Crippen MR) is 86.8 cm³/mol. The summed E-state index contributed by atoms with van der Waals surface area (Å²) in [5.74, 6) is -0.369. The molecule has 0 spiro atoms. The molecule has 0 atom stereocenters. The van der Waals surface area contributed by atoms with Crippen molar-refractivity contribution in [2.75, 3.05) is 5.75 Å². The van der Waals surface area contributed by atoms with Gasteiger partial charge in [-0.05, 0) is 30.2 Å². The second kappa shape index (κ2) is 4.89. The van der Waals surface area contributed by atoms with Crippen molar-refractivity contribution in [1.29, 1.82) is 0 Å². The Bertz CT molecular complexity index is 984. The van der Waals surface area contributed by atoms with Crippen molar-refractivity contribution in [2.45, 2.75) is 31.1 Å². The van der Waals surface area contributed by atoms with Crippen molar-refractivity contribution < 1.29 is 13.2 Å². The molecule has 0 bridgehead atoms. The lowest BCUT2D eigenvalue weighted by Crippen LogP contribution is -2.21. The minimum absolute atomic E-state index is 0.0275. The van der Waals surface area contributed by atoms with Crippen LogP contribution in [0.15, 0.2) is 40.3 Å². The molecular formula is C17H17NO4S. The predicted octanol–water partition coefficient (Wildman–Crippen LogP) is 1.98. The van der Waals surface area contributed by atoms with E-state index in [9.17, 15) is 18.0 Å². The maximum absolute atomic E-state index is 12.7. The first-order chi connectivity index (χ1) is 10.6. The van der Waals surface area contributed by atoms with Gasteiger partial charge in [0.2, 0.25) is 0 Å². The fraction of sp³-hybridized carbons (Fsp3) is 0.294. The molecule has 5 nitrogen and oxygen atoms in total. The number of aromatic nitrogens is 1. The summed E-state index contributed by atoms with van der Waals surface area (Å²) in [4.78, 5) is 27.6. The van der Waals surface area contributed by atoms with Gasteiger partial charge in [-0.15, -0.1) is 0 Å². The molecule has 1 aromatic heterocycles. The summed E-state index contributed by atoms with van der Waals surface area (Å²) in [5, 5.41) is 0. The van der Waals surface area contributed by atoms with Crippen molar-refractivity contribution in [2.24, 2.45) is 0 Å². The second-order valence-corrected chi connectivity index (χ2v) is 8.46. The van der Waals surface area contributed by atoms with Gasteiger partial charge in [-0.2, -0.15) is 0 Å². The lowest BCUT2D eigenvalue weighted by atomic mass is 9.81. The van der Waals surface area contributed by atoms with Gasteiger partial charge in [0.15, 0.2) is 21.0 Å². The van der Waals surface area contributed by atoms with E-state index >= 15 is 0 Å². The molecule has 0 saturated carbocycles. The Morgan fingerprint density at radius 2 is 1.87 bits per heavy atom. The number of rotatable bonds is 2. The first kappa shape index (κ1) is 15.7. The molecule has 3 rings (SSSR count). The highest BCUT2D eigenvalue weighted by Crippen LogP contribution is 2.42. The molecule has 0 unspecified atom stereocenters. The molecule has 120 valence electrons. The third-order valence-corrected chi connectivity index (χ3v) is 6.41. The minimum Gasteiger partial charge on any atom is -0.367 e. The maximum atomic E-state index is 12.7. The van der Waals surface area contributed by atoms with Gasteiger partial charge in [0.25, 0.3) is 0 Å². The van der Waals surface area contributed by atoms with E-state index < -0.39 is 21.0 Å². The topological polar surface area (TPSA) is 84.1 Å². The van der Waals surface area contributed by atoms with E-state index in [1.807, 2.05) is 13.8 Å². The number of nitrogens with one attached hydrogen (secondary N) is 1. The molecule has 0 amide bonds. The Hall–Kier alpha value is -2.21. The van der Waals surface area contributed by atoms with Gasteiger partial charge in [-0.1, -0.05) is 13.8 Å². The van der Waals surface area contributed by atoms with Crippen molar-refractivity contribution in [3.05, 3.63) is 63.1 Å². The minimum atomic E-state index is -3.33. The lowest BCUT2D eigenvalue weighted by molar-refractivity contribution is 0.103. The molecule has 23 heavy (non-hydrogen) atoms. The Labute approximate surface area is 134 Å². The largest absolute Gasteiger partial charge is 0.367 e. The quantitative estimate of drug-likeness (QED) is 0.853. The molecule has 1 aliphatic rings. The van der Waals surface area contributed by atoms with Crippen LogP contribution in [0, 0.1) is 6.92 Å². The SMILES string of the molecule is Cc1c(C(=O)c2c[nH]ccc2=O)ccc2c1C(C)(C)CS2(=O)=O. The van der Waals surface area contributed by atoms with Crippen LogP contribution < -0.4 is 5.43 Å². The Balaban J connectivity index is 2.24. The molecule has 0 saturated heterocycles. The van der Waals surface area contributed by atoms with Crippen LogP contribution in [0.5, 0.6) is 0 Å². The van der Waals surface area contributed by atoms with E-state index in [0.717, 1.165) is 0 Å². The highest BCUT2D eigenvalue weighted by molar-refractivity contribution is 7.91. The van der Waals surface area contributed by atoms with E-state index in [4.69, 9.17) is 0 Å². The average molecular weight is 331 g/mol. The molecule has 2 heterocycles. The van der Waals surface area contributed by atoms with E-state index in [2.05, 4.69) is 4.98 Å². The molecule has 0 radical (unpaired) electrons. The fourth-order valence-electron chi connectivity index (χ4n) is 3.40. The van der Waals surface area contributed by atoms with Gasteiger partial charge in [-0.25, -0.2) is 8.42 Å². The van der Waals surface area contributed by atoms with Crippen molar-refractivity contribution in [1.82, 2.24) is 4.98 Å². The van der Waals surface area contributed by atoms with E-state index in [1.54, 1.807) is 6.92 Å². The Morgan fingerprint density at radius 3 is 2.52 bits per heavy atom. The number of ketones is 1. The summed E-state index contributed by atoms with van der Waals surface area (Å²) in [6.07, 6.45) is 2.84. The van der Waals surface area contributed by atoms with Crippen LogP contribution in [-0.4, -0.2) is 24.9 Å². The summed E-state index contributed by atoms with van der Waals surface area (Å²) < 4.78 is 24.6. The zero-order valence-electron chi connectivity index (χ0n) is 13.1. The standard InChI is InChI=1S/C17H17NO4S/c1-10-11(16(20)12-8-18-7-6-13(12)19)4-5-14-15(10)17(2,3)9-23(14,21)22/h4-8H,9H2,1-3H3,(H,18,19). The number of H-pyrrole nitrogens is 1. The highest BCUT2D eigenvalue weighted by atomic mass is 32.2. The van der Waals surface area contributed by atoms with Crippen LogP contribution >= 0.6 is 0 Å². The maximum Gasteiger partial charge on any atom is 0.198 e. The summed E-state index contributed by atoms with van der Waals surface area (Å²) in [5.41, 5.74) is 0.801. The smallest absolute Gasteiger partial charge is 0.198 e. The van der Waals surface area contributed by atoms with Crippen molar-refractivity contribution in [3.63, 3.8) is 0 Å². The molecule has 0 aliphatic carbocycles. The molecule has 0 fully saturated rings. The zero-order chi connectivity index (χ0) is 17.0. The van der Waals surface area contributed by atoms with E-state index in [0.29, 0.717) is 21.6 Å². The molecular weight excluding hydrogens is 314 g/mol. The summed E-state index contributed by atoms with van der Waals surface area (Å²) in [6.45, 7) is 5.45. The monoisotopic (exact) mass is 331 g/mol. The Kier molecular flexibility index (Phi) is 3.33. The summed E-state index contributed by atoms with van der Waals surface area (Å²) in [7, 11) is -3.33. The number of carbonyl (C=O) groups is 1.